The molecule has 1 atom stereocenters. The Bertz CT molecular complexity index is 203. The molecule has 2 saturated heterocycles. The Hall–Kier alpha value is -0.380. The Morgan fingerprint density at radius 3 is 2.67 bits per heavy atom. The van der Waals surface area contributed by atoms with E-state index in [0.29, 0.717) is 6.04 Å². The van der Waals surface area contributed by atoms with Gasteiger partial charge < -0.3 is 10.6 Å². The molecule has 3 heteroatoms. The van der Waals surface area contributed by atoms with Crippen molar-refractivity contribution in [1.29, 1.82) is 0 Å². The fourth-order valence-electron chi connectivity index (χ4n) is 2.47. The number of piperidine rings is 1. The maximum absolute atomic E-state index is 4.25. The normalized spacial score (nSPS) is 28.9. The quantitative estimate of drug-likeness (QED) is 0.666. The average molecular weight is 209 g/mol. The van der Waals surface area contributed by atoms with E-state index in [4.69, 9.17) is 0 Å². The van der Waals surface area contributed by atoms with Gasteiger partial charge in [-0.25, -0.2) is 0 Å². The van der Waals surface area contributed by atoms with Crippen molar-refractivity contribution in [3.05, 3.63) is 12.2 Å². The molecule has 0 aromatic heterocycles. The number of nitrogens with zero attached hydrogens (tertiary/aromatic N) is 1. The van der Waals surface area contributed by atoms with Crippen LogP contribution in [0.1, 0.15) is 19.3 Å². The van der Waals surface area contributed by atoms with Crippen molar-refractivity contribution in [2.24, 2.45) is 0 Å². The van der Waals surface area contributed by atoms with Crippen molar-refractivity contribution in [2.45, 2.75) is 25.3 Å². The molecular weight excluding hydrogens is 186 g/mol. The van der Waals surface area contributed by atoms with Crippen molar-refractivity contribution in [1.82, 2.24) is 15.5 Å². The van der Waals surface area contributed by atoms with Crippen molar-refractivity contribution in [2.75, 3.05) is 39.3 Å². The number of piperazine rings is 1. The van der Waals surface area contributed by atoms with E-state index in [-0.39, 0.29) is 0 Å². The van der Waals surface area contributed by atoms with Crippen LogP contribution in [0.2, 0.25) is 0 Å². The second kappa shape index (κ2) is 5.64. The topological polar surface area (TPSA) is 27.3 Å². The van der Waals surface area contributed by atoms with E-state index in [9.17, 15) is 0 Å². The molecule has 2 N–H and O–H groups in total. The van der Waals surface area contributed by atoms with Gasteiger partial charge in [0.1, 0.15) is 0 Å². The van der Waals surface area contributed by atoms with Gasteiger partial charge >= 0.3 is 0 Å². The second-order valence-electron chi connectivity index (χ2n) is 4.69. The molecule has 2 heterocycles. The molecule has 0 radical (unpaired) electrons. The Morgan fingerprint density at radius 1 is 1.20 bits per heavy atom. The Labute approximate surface area is 92.9 Å². The Morgan fingerprint density at radius 2 is 2.00 bits per heavy atom. The van der Waals surface area contributed by atoms with E-state index in [1.165, 1.54) is 44.5 Å². The molecule has 2 aliphatic heterocycles. The van der Waals surface area contributed by atoms with Gasteiger partial charge in [-0.1, -0.05) is 13.0 Å². The van der Waals surface area contributed by atoms with Gasteiger partial charge in [0.05, 0.1) is 0 Å². The molecule has 0 saturated carbocycles. The van der Waals surface area contributed by atoms with Gasteiger partial charge in [0.15, 0.2) is 0 Å². The van der Waals surface area contributed by atoms with E-state index >= 15 is 0 Å². The minimum absolute atomic E-state index is 0.577. The van der Waals surface area contributed by atoms with Crippen LogP contribution >= 0.6 is 0 Å². The third-order valence-corrected chi connectivity index (χ3v) is 3.44. The Balaban J connectivity index is 1.74. The predicted octanol–water partition coefficient (Wildman–Crippen LogP) is 0.590. The first-order valence-corrected chi connectivity index (χ1v) is 6.20. The molecule has 3 nitrogen and oxygen atoms in total. The number of hydrogen-bond donors (Lipinski definition) is 2. The largest absolute Gasteiger partial charge is 0.314 e. The lowest BCUT2D eigenvalue weighted by molar-refractivity contribution is 0.251. The highest BCUT2D eigenvalue weighted by Crippen LogP contribution is 2.14. The van der Waals surface area contributed by atoms with Gasteiger partial charge in [-0.15, -0.1) is 0 Å². The van der Waals surface area contributed by atoms with Crippen LogP contribution in [-0.2, 0) is 0 Å². The number of nitrogens with one attached hydrogen (secondary N) is 2. The van der Waals surface area contributed by atoms with Gasteiger partial charge in [-0.05, 0) is 25.0 Å². The van der Waals surface area contributed by atoms with Crippen molar-refractivity contribution < 1.29 is 0 Å². The van der Waals surface area contributed by atoms with Crippen molar-refractivity contribution in [3.8, 4) is 0 Å². The molecule has 0 bridgehead atoms. The van der Waals surface area contributed by atoms with E-state index in [1.54, 1.807) is 0 Å². The fraction of sp³-hybridized carbons (Fsp3) is 0.833. The van der Waals surface area contributed by atoms with Crippen LogP contribution in [0, 0.1) is 0 Å². The zero-order chi connectivity index (χ0) is 10.5. The van der Waals surface area contributed by atoms with Crippen LogP contribution in [-0.4, -0.2) is 50.2 Å². The average Bonchev–Trinajstić information content (AvgIpc) is 2.31. The lowest BCUT2D eigenvalue weighted by atomic mass is 9.98. The summed E-state index contributed by atoms with van der Waals surface area (Å²) in [5, 5.41) is 6.95. The third kappa shape index (κ3) is 3.30. The molecule has 2 aliphatic rings. The monoisotopic (exact) mass is 209 g/mol. The van der Waals surface area contributed by atoms with Gasteiger partial charge in [-0.3, -0.25) is 4.90 Å². The van der Waals surface area contributed by atoms with E-state index in [0.717, 1.165) is 19.6 Å². The van der Waals surface area contributed by atoms with Crippen molar-refractivity contribution in [3.63, 3.8) is 0 Å². The summed E-state index contributed by atoms with van der Waals surface area (Å²) in [5.74, 6) is 0. The molecule has 0 aromatic carbocycles. The first-order valence-electron chi connectivity index (χ1n) is 6.20. The molecule has 0 aromatic rings. The lowest BCUT2D eigenvalue weighted by Crippen LogP contribution is -2.46. The fourth-order valence-corrected chi connectivity index (χ4v) is 2.47. The van der Waals surface area contributed by atoms with Gasteiger partial charge in [0.2, 0.25) is 0 Å². The van der Waals surface area contributed by atoms with Crippen molar-refractivity contribution >= 4 is 0 Å². The molecule has 15 heavy (non-hydrogen) atoms. The van der Waals surface area contributed by atoms with E-state index < -0.39 is 0 Å². The van der Waals surface area contributed by atoms with Gasteiger partial charge in [0.25, 0.3) is 0 Å². The van der Waals surface area contributed by atoms with Gasteiger partial charge in [0, 0.05) is 38.8 Å². The SMILES string of the molecule is C=C(CN1CCNCC1)C1CCCCN1. The van der Waals surface area contributed by atoms with E-state index in [2.05, 4.69) is 22.1 Å². The molecule has 1 unspecified atom stereocenters. The minimum Gasteiger partial charge on any atom is -0.314 e. The van der Waals surface area contributed by atoms with Crippen LogP contribution in [0.3, 0.4) is 0 Å². The molecule has 0 spiro atoms. The maximum atomic E-state index is 4.25. The highest BCUT2D eigenvalue weighted by atomic mass is 15.2. The maximum Gasteiger partial charge on any atom is 0.0289 e. The number of hydrogen-bond acceptors (Lipinski definition) is 3. The molecule has 0 amide bonds. The zero-order valence-corrected chi connectivity index (χ0v) is 9.60. The summed E-state index contributed by atoms with van der Waals surface area (Å²) in [6.07, 6.45) is 3.97. The molecule has 86 valence electrons. The second-order valence-corrected chi connectivity index (χ2v) is 4.69. The summed E-state index contributed by atoms with van der Waals surface area (Å²) in [5.41, 5.74) is 1.39. The molecule has 0 aliphatic carbocycles. The van der Waals surface area contributed by atoms with Crippen LogP contribution in [0.5, 0.6) is 0 Å². The molecule has 2 rings (SSSR count). The smallest absolute Gasteiger partial charge is 0.0289 e. The first-order chi connectivity index (χ1) is 7.36. The molecular formula is C12H23N3. The van der Waals surface area contributed by atoms with Crippen LogP contribution in [0.25, 0.3) is 0 Å². The minimum atomic E-state index is 0.577. The lowest BCUT2D eigenvalue weighted by Gasteiger charge is -2.32. The predicted molar refractivity (Wildman–Crippen MR) is 64.1 cm³/mol. The summed E-state index contributed by atoms with van der Waals surface area (Å²) in [4.78, 5) is 2.51. The summed E-state index contributed by atoms with van der Waals surface area (Å²) < 4.78 is 0. The molecule has 2 fully saturated rings. The van der Waals surface area contributed by atoms with Crippen LogP contribution in [0.4, 0.5) is 0 Å². The Kier molecular flexibility index (Phi) is 4.18. The number of rotatable bonds is 3. The highest BCUT2D eigenvalue weighted by molar-refractivity contribution is 5.09. The van der Waals surface area contributed by atoms with E-state index in [1.807, 2.05) is 0 Å². The third-order valence-electron chi connectivity index (χ3n) is 3.44. The first kappa shape index (κ1) is 11.1. The van der Waals surface area contributed by atoms with Crippen LogP contribution in [0.15, 0.2) is 12.2 Å². The summed E-state index contributed by atoms with van der Waals surface area (Å²) in [6, 6.07) is 0.577. The van der Waals surface area contributed by atoms with Gasteiger partial charge in [-0.2, -0.15) is 0 Å². The zero-order valence-electron chi connectivity index (χ0n) is 9.60. The highest BCUT2D eigenvalue weighted by Gasteiger charge is 2.18. The summed E-state index contributed by atoms with van der Waals surface area (Å²) in [6.45, 7) is 11.1. The van der Waals surface area contributed by atoms with Crippen LogP contribution < -0.4 is 10.6 Å². The summed E-state index contributed by atoms with van der Waals surface area (Å²) in [7, 11) is 0. The standard InChI is InChI=1S/C12H23N3/c1-11(12-4-2-3-5-14-12)10-15-8-6-13-7-9-15/h12-14H,1-10H2. The summed E-state index contributed by atoms with van der Waals surface area (Å²) >= 11 is 0.